The first-order chi connectivity index (χ1) is 6.59. The summed E-state index contributed by atoms with van der Waals surface area (Å²) < 4.78 is 0.959. The summed E-state index contributed by atoms with van der Waals surface area (Å²) >= 11 is 3.31. The summed E-state index contributed by atoms with van der Waals surface area (Å²) in [7, 11) is 3.52. The van der Waals surface area contributed by atoms with Gasteiger partial charge in [-0.3, -0.25) is 9.78 Å². The summed E-state index contributed by atoms with van der Waals surface area (Å²) in [5.41, 5.74) is 0.948. The summed E-state index contributed by atoms with van der Waals surface area (Å²) in [5, 5.41) is 0. The molecule has 0 saturated carbocycles. The average Bonchev–Trinajstić information content (AvgIpc) is 2.16. The van der Waals surface area contributed by atoms with Crippen molar-refractivity contribution in [3.05, 3.63) is 28.5 Å². The van der Waals surface area contributed by atoms with Gasteiger partial charge in [0.15, 0.2) is 0 Å². The Kier molecular flexibility index (Phi) is 4.07. The van der Waals surface area contributed by atoms with Gasteiger partial charge in [-0.1, -0.05) is 0 Å². The molecule has 0 fully saturated rings. The number of nitrogens with zero attached hydrogens (tertiary/aromatic N) is 2. The van der Waals surface area contributed by atoms with Gasteiger partial charge in [0.1, 0.15) is 0 Å². The lowest BCUT2D eigenvalue weighted by molar-refractivity contribution is -0.128. The van der Waals surface area contributed by atoms with Crippen molar-refractivity contribution in [3.8, 4) is 0 Å². The third-order valence-electron chi connectivity index (χ3n) is 1.88. The highest BCUT2D eigenvalue weighted by Gasteiger charge is 2.04. The van der Waals surface area contributed by atoms with E-state index in [1.54, 1.807) is 25.2 Å². The van der Waals surface area contributed by atoms with Crippen LogP contribution in [-0.4, -0.2) is 29.9 Å². The number of carbonyl (C=O) groups is 1. The fourth-order valence-electron chi connectivity index (χ4n) is 1.01. The van der Waals surface area contributed by atoms with Crippen molar-refractivity contribution in [1.29, 1.82) is 0 Å². The van der Waals surface area contributed by atoms with Crippen LogP contribution in [-0.2, 0) is 11.2 Å². The zero-order chi connectivity index (χ0) is 10.6. The minimum absolute atomic E-state index is 0.134. The standard InChI is InChI=1S/C10H13BrN2O/c1-13(2)10(14)6-5-9-4-3-8(11)7-12-9/h3-4,7H,5-6H2,1-2H3. The Morgan fingerprint density at radius 1 is 1.50 bits per heavy atom. The number of aromatic nitrogens is 1. The molecule has 76 valence electrons. The third-order valence-corrected chi connectivity index (χ3v) is 2.35. The Balaban J connectivity index is 2.46. The van der Waals surface area contributed by atoms with Gasteiger partial charge in [-0.2, -0.15) is 0 Å². The van der Waals surface area contributed by atoms with Gasteiger partial charge < -0.3 is 4.90 Å². The fourth-order valence-corrected chi connectivity index (χ4v) is 1.25. The molecule has 1 heterocycles. The molecular formula is C10H13BrN2O. The Labute approximate surface area is 92.3 Å². The van der Waals surface area contributed by atoms with Crippen molar-refractivity contribution in [2.75, 3.05) is 14.1 Å². The summed E-state index contributed by atoms with van der Waals surface area (Å²) in [6.07, 6.45) is 2.96. The van der Waals surface area contributed by atoms with Crippen LogP contribution in [0, 0.1) is 0 Å². The van der Waals surface area contributed by atoms with Crippen LogP contribution in [0.3, 0.4) is 0 Å². The molecule has 4 heteroatoms. The van der Waals surface area contributed by atoms with Gasteiger partial charge in [0.25, 0.3) is 0 Å². The first-order valence-corrected chi connectivity index (χ1v) is 5.19. The second-order valence-corrected chi connectivity index (χ2v) is 4.17. The number of amides is 1. The fraction of sp³-hybridized carbons (Fsp3) is 0.400. The molecule has 0 aliphatic heterocycles. The average molecular weight is 257 g/mol. The molecule has 0 bridgehead atoms. The molecule has 0 N–H and O–H groups in total. The first kappa shape index (κ1) is 11.2. The maximum absolute atomic E-state index is 11.3. The van der Waals surface area contributed by atoms with Crippen LogP contribution in [0.1, 0.15) is 12.1 Å². The number of halogens is 1. The van der Waals surface area contributed by atoms with Crippen LogP contribution < -0.4 is 0 Å². The minimum atomic E-state index is 0.134. The summed E-state index contributed by atoms with van der Waals surface area (Å²) in [4.78, 5) is 17.1. The molecule has 0 aliphatic rings. The molecule has 14 heavy (non-hydrogen) atoms. The molecule has 1 amide bonds. The van der Waals surface area contributed by atoms with E-state index in [-0.39, 0.29) is 5.91 Å². The Morgan fingerprint density at radius 2 is 2.21 bits per heavy atom. The predicted octanol–water partition coefficient (Wildman–Crippen LogP) is 1.86. The van der Waals surface area contributed by atoms with Gasteiger partial charge in [-0.25, -0.2) is 0 Å². The van der Waals surface area contributed by atoms with Crippen LogP contribution >= 0.6 is 15.9 Å². The molecule has 0 unspecified atom stereocenters. The van der Waals surface area contributed by atoms with Crippen molar-refractivity contribution in [2.45, 2.75) is 12.8 Å². The van der Waals surface area contributed by atoms with E-state index in [9.17, 15) is 4.79 Å². The maximum Gasteiger partial charge on any atom is 0.222 e. The van der Waals surface area contributed by atoms with E-state index in [2.05, 4.69) is 20.9 Å². The topological polar surface area (TPSA) is 33.2 Å². The largest absolute Gasteiger partial charge is 0.349 e. The van der Waals surface area contributed by atoms with Crippen molar-refractivity contribution >= 4 is 21.8 Å². The molecule has 0 saturated heterocycles. The van der Waals surface area contributed by atoms with Crippen LogP contribution in [0.25, 0.3) is 0 Å². The van der Waals surface area contributed by atoms with E-state index in [4.69, 9.17) is 0 Å². The SMILES string of the molecule is CN(C)C(=O)CCc1ccc(Br)cn1. The number of pyridine rings is 1. The molecule has 1 rings (SSSR count). The molecule has 0 atom stereocenters. The van der Waals surface area contributed by atoms with Crippen molar-refractivity contribution in [3.63, 3.8) is 0 Å². The number of aryl methyl sites for hydroxylation is 1. The second-order valence-electron chi connectivity index (χ2n) is 3.26. The Morgan fingerprint density at radius 3 is 2.71 bits per heavy atom. The Bertz CT molecular complexity index is 308. The Hall–Kier alpha value is -0.900. The van der Waals surface area contributed by atoms with Gasteiger partial charge in [0.2, 0.25) is 5.91 Å². The lowest BCUT2D eigenvalue weighted by atomic mass is 10.2. The van der Waals surface area contributed by atoms with E-state index in [1.807, 2.05) is 12.1 Å². The number of carbonyl (C=O) groups excluding carboxylic acids is 1. The maximum atomic E-state index is 11.3. The number of rotatable bonds is 3. The van der Waals surface area contributed by atoms with Crippen LogP contribution in [0.2, 0.25) is 0 Å². The van der Waals surface area contributed by atoms with Crippen molar-refractivity contribution in [1.82, 2.24) is 9.88 Å². The zero-order valence-corrected chi connectivity index (χ0v) is 9.91. The molecule has 3 nitrogen and oxygen atoms in total. The molecule has 0 aromatic carbocycles. The highest BCUT2D eigenvalue weighted by atomic mass is 79.9. The highest BCUT2D eigenvalue weighted by molar-refractivity contribution is 9.10. The molecule has 0 radical (unpaired) electrons. The van der Waals surface area contributed by atoms with Crippen LogP contribution in [0.5, 0.6) is 0 Å². The molecule has 1 aromatic heterocycles. The normalized spacial score (nSPS) is 9.93. The first-order valence-electron chi connectivity index (χ1n) is 4.40. The number of hydrogen-bond acceptors (Lipinski definition) is 2. The molecule has 1 aromatic rings. The monoisotopic (exact) mass is 256 g/mol. The van der Waals surface area contributed by atoms with Gasteiger partial charge >= 0.3 is 0 Å². The summed E-state index contributed by atoms with van der Waals surface area (Å²) in [6.45, 7) is 0. The van der Waals surface area contributed by atoms with E-state index in [0.29, 0.717) is 12.8 Å². The predicted molar refractivity (Wildman–Crippen MR) is 59.0 cm³/mol. The number of hydrogen-bond donors (Lipinski definition) is 0. The van der Waals surface area contributed by atoms with E-state index >= 15 is 0 Å². The minimum Gasteiger partial charge on any atom is -0.349 e. The van der Waals surface area contributed by atoms with Gasteiger partial charge in [-0.15, -0.1) is 0 Å². The van der Waals surface area contributed by atoms with E-state index in [0.717, 1.165) is 10.2 Å². The molecule has 0 spiro atoms. The lowest BCUT2D eigenvalue weighted by Crippen LogP contribution is -2.21. The van der Waals surface area contributed by atoms with Gasteiger partial charge in [0.05, 0.1) is 0 Å². The highest BCUT2D eigenvalue weighted by Crippen LogP contribution is 2.08. The smallest absolute Gasteiger partial charge is 0.222 e. The molecular weight excluding hydrogens is 244 g/mol. The summed E-state index contributed by atoms with van der Waals surface area (Å²) in [5.74, 6) is 0.134. The zero-order valence-electron chi connectivity index (χ0n) is 8.33. The van der Waals surface area contributed by atoms with E-state index in [1.165, 1.54) is 0 Å². The summed E-state index contributed by atoms with van der Waals surface area (Å²) in [6, 6.07) is 3.86. The lowest BCUT2D eigenvalue weighted by Gasteiger charge is -2.09. The van der Waals surface area contributed by atoms with Crippen molar-refractivity contribution in [2.24, 2.45) is 0 Å². The van der Waals surface area contributed by atoms with Crippen LogP contribution in [0.15, 0.2) is 22.8 Å². The van der Waals surface area contributed by atoms with Crippen molar-refractivity contribution < 1.29 is 4.79 Å². The van der Waals surface area contributed by atoms with Crippen LogP contribution in [0.4, 0.5) is 0 Å². The second kappa shape index (κ2) is 5.10. The van der Waals surface area contributed by atoms with E-state index < -0.39 is 0 Å². The van der Waals surface area contributed by atoms with Gasteiger partial charge in [0, 0.05) is 36.9 Å². The molecule has 0 aliphatic carbocycles. The van der Waals surface area contributed by atoms with Gasteiger partial charge in [-0.05, 0) is 34.5 Å². The third kappa shape index (κ3) is 3.46. The quantitative estimate of drug-likeness (QED) is 0.828.